The van der Waals surface area contributed by atoms with E-state index in [1.807, 2.05) is 18.5 Å². The summed E-state index contributed by atoms with van der Waals surface area (Å²) in [5, 5.41) is 4.45. The molecule has 0 bridgehead atoms. The van der Waals surface area contributed by atoms with Gasteiger partial charge >= 0.3 is 0 Å². The van der Waals surface area contributed by atoms with E-state index in [4.69, 9.17) is 21.3 Å². The highest BCUT2D eigenvalue weighted by Gasteiger charge is 2.30. The highest BCUT2D eigenvalue weighted by molar-refractivity contribution is 6.20. The number of aromatic nitrogens is 4. The van der Waals surface area contributed by atoms with Crippen LogP contribution in [0.25, 0.3) is 11.2 Å². The van der Waals surface area contributed by atoms with E-state index in [0.29, 0.717) is 0 Å². The van der Waals surface area contributed by atoms with Crippen LogP contribution in [-0.4, -0.2) is 32.0 Å². The third kappa shape index (κ3) is 2.36. The molecule has 21 heavy (non-hydrogen) atoms. The molecule has 0 spiro atoms. The standard InChI is InChI=1S/C15H23ClN4O/c1-5-19-15-13(10(3)18-19)17-14(9(2)16)20(15)11(4)12-7-6-8-21-12/h9,11-12H,5-8H2,1-4H3. The summed E-state index contributed by atoms with van der Waals surface area (Å²) in [6, 6.07) is 0.218. The van der Waals surface area contributed by atoms with Gasteiger partial charge in [-0.05, 0) is 40.5 Å². The molecule has 3 heterocycles. The molecular weight excluding hydrogens is 288 g/mol. The van der Waals surface area contributed by atoms with Crippen molar-refractivity contribution in [2.24, 2.45) is 0 Å². The van der Waals surface area contributed by atoms with E-state index in [2.05, 4.69) is 23.5 Å². The van der Waals surface area contributed by atoms with Crippen molar-refractivity contribution in [1.82, 2.24) is 19.3 Å². The third-order valence-electron chi connectivity index (χ3n) is 4.34. The zero-order valence-corrected chi connectivity index (χ0v) is 13.9. The number of ether oxygens (including phenoxy) is 1. The molecule has 2 aromatic heterocycles. The minimum absolute atomic E-state index is 0.133. The number of rotatable bonds is 4. The quantitative estimate of drug-likeness (QED) is 0.810. The molecule has 3 unspecified atom stereocenters. The van der Waals surface area contributed by atoms with Gasteiger partial charge in [0.25, 0.3) is 0 Å². The predicted molar refractivity (Wildman–Crippen MR) is 83.9 cm³/mol. The Bertz CT molecular complexity index is 640. The van der Waals surface area contributed by atoms with Gasteiger partial charge in [-0.25, -0.2) is 9.67 Å². The van der Waals surface area contributed by atoms with Crippen LogP contribution in [-0.2, 0) is 11.3 Å². The van der Waals surface area contributed by atoms with Crippen LogP contribution in [0, 0.1) is 6.92 Å². The van der Waals surface area contributed by atoms with Gasteiger partial charge in [-0.3, -0.25) is 0 Å². The molecule has 0 amide bonds. The van der Waals surface area contributed by atoms with Gasteiger partial charge in [0.1, 0.15) is 11.3 Å². The fourth-order valence-electron chi connectivity index (χ4n) is 3.26. The summed E-state index contributed by atoms with van der Waals surface area (Å²) >= 11 is 6.38. The van der Waals surface area contributed by atoms with Crippen molar-refractivity contribution in [3.63, 3.8) is 0 Å². The average molecular weight is 311 g/mol. The van der Waals surface area contributed by atoms with Crippen molar-refractivity contribution in [3.8, 4) is 0 Å². The topological polar surface area (TPSA) is 44.9 Å². The second kappa shape index (κ2) is 5.61. The Balaban J connectivity index is 2.19. The van der Waals surface area contributed by atoms with Gasteiger partial charge in [-0.15, -0.1) is 11.6 Å². The van der Waals surface area contributed by atoms with Crippen LogP contribution in [0.2, 0.25) is 0 Å². The predicted octanol–water partition coefficient (Wildman–Crippen LogP) is 3.60. The van der Waals surface area contributed by atoms with Crippen molar-refractivity contribution in [1.29, 1.82) is 0 Å². The van der Waals surface area contributed by atoms with E-state index in [0.717, 1.165) is 48.7 Å². The molecule has 0 aromatic carbocycles. The lowest BCUT2D eigenvalue weighted by Gasteiger charge is -2.24. The van der Waals surface area contributed by atoms with Crippen LogP contribution in [0.15, 0.2) is 0 Å². The highest BCUT2D eigenvalue weighted by Crippen LogP contribution is 2.33. The average Bonchev–Trinajstić information content (AvgIpc) is 3.14. The molecule has 1 saturated heterocycles. The Morgan fingerprint density at radius 1 is 1.43 bits per heavy atom. The fourth-order valence-corrected chi connectivity index (χ4v) is 3.41. The Morgan fingerprint density at radius 3 is 2.76 bits per heavy atom. The lowest BCUT2D eigenvalue weighted by atomic mass is 10.1. The van der Waals surface area contributed by atoms with Crippen molar-refractivity contribution < 1.29 is 4.74 Å². The van der Waals surface area contributed by atoms with Crippen molar-refractivity contribution >= 4 is 22.8 Å². The molecule has 1 fully saturated rings. The van der Waals surface area contributed by atoms with Gasteiger partial charge in [-0.2, -0.15) is 5.10 Å². The summed E-state index contributed by atoms with van der Waals surface area (Å²) in [5.74, 6) is 0.914. The van der Waals surface area contributed by atoms with Crippen LogP contribution in [0.1, 0.15) is 56.6 Å². The number of alkyl halides is 1. The molecule has 0 N–H and O–H groups in total. The van der Waals surface area contributed by atoms with E-state index < -0.39 is 0 Å². The number of hydrogen-bond donors (Lipinski definition) is 0. The molecule has 116 valence electrons. The van der Waals surface area contributed by atoms with Crippen LogP contribution in [0.3, 0.4) is 0 Å². The Labute approximate surface area is 130 Å². The van der Waals surface area contributed by atoms with Gasteiger partial charge in [-0.1, -0.05) is 0 Å². The summed E-state index contributed by atoms with van der Waals surface area (Å²) in [6.45, 7) is 9.95. The molecule has 1 aliphatic heterocycles. The van der Waals surface area contributed by atoms with Crippen LogP contribution >= 0.6 is 11.6 Å². The number of halogens is 1. The van der Waals surface area contributed by atoms with E-state index in [-0.39, 0.29) is 17.5 Å². The van der Waals surface area contributed by atoms with Gasteiger partial charge in [0.05, 0.1) is 23.2 Å². The lowest BCUT2D eigenvalue weighted by Crippen LogP contribution is -2.24. The zero-order valence-electron chi connectivity index (χ0n) is 13.1. The van der Waals surface area contributed by atoms with E-state index in [1.165, 1.54) is 0 Å². The minimum Gasteiger partial charge on any atom is -0.376 e. The molecular formula is C15H23ClN4O. The zero-order chi connectivity index (χ0) is 15.1. The van der Waals surface area contributed by atoms with Crippen LogP contribution in [0.5, 0.6) is 0 Å². The molecule has 5 nitrogen and oxygen atoms in total. The number of hydrogen-bond acceptors (Lipinski definition) is 3. The summed E-state index contributed by atoms with van der Waals surface area (Å²) < 4.78 is 10.1. The fraction of sp³-hybridized carbons (Fsp3) is 0.733. The lowest BCUT2D eigenvalue weighted by molar-refractivity contribution is 0.0732. The largest absolute Gasteiger partial charge is 0.376 e. The number of imidazole rings is 1. The first-order chi connectivity index (χ1) is 10.0. The van der Waals surface area contributed by atoms with E-state index in [9.17, 15) is 0 Å². The molecule has 2 aromatic rings. The van der Waals surface area contributed by atoms with Gasteiger partial charge < -0.3 is 9.30 Å². The van der Waals surface area contributed by atoms with Crippen molar-refractivity contribution in [2.75, 3.05) is 6.61 Å². The molecule has 0 saturated carbocycles. The minimum atomic E-state index is -0.133. The number of fused-ring (bicyclic) bond motifs is 1. The Hall–Kier alpha value is -1.07. The monoisotopic (exact) mass is 310 g/mol. The normalized spacial score (nSPS) is 22.0. The van der Waals surface area contributed by atoms with E-state index >= 15 is 0 Å². The molecule has 3 atom stereocenters. The van der Waals surface area contributed by atoms with Gasteiger partial charge in [0, 0.05) is 13.2 Å². The number of nitrogens with zero attached hydrogens (tertiary/aromatic N) is 4. The molecule has 1 aliphatic rings. The first-order valence-electron chi connectivity index (χ1n) is 7.75. The third-order valence-corrected chi connectivity index (χ3v) is 4.53. The second-order valence-corrected chi connectivity index (χ2v) is 6.48. The number of aryl methyl sites for hydroxylation is 2. The maximum Gasteiger partial charge on any atom is 0.159 e. The Morgan fingerprint density at radius 2 is 2.19 bits per heavy atom. The molecule has 3 rings (SSSR count). The SMILES string of the molecule is CCn1nc(C)c2nc(C(C)Cl)n(C(C)C3CCCO3)c21. The van der Waals surface area contributed by atoms with Crippen molar-refractivity contribution in [2.45, 2.75) is 64.6 Å². The molecule has 6 heteroatoms. The maximum absolute atomic E-state index is 6.38. The molecule has 0 aliphatic carbocycles. The second-order valence-electron chi connectivity index (χ2n) is 5.82. The first-order valence-corrected chi connectivity index (χ1v) is 8.19. The summed E-state index contributed by atoms with van der Waals surface area (Å²) in [5.41, 5.74) is 2.99. The van der Waals surface area contributed by atoms with Gasteiger partial charge in [0.2, 0.25) is 0 Å². The van der Waals surface area contributed by atoms with Crippen LogP contribution < -0.4 is 0 Å². The highest BCUT2D eigenvalue weighted by atomic mass is 35.5. The summed E-state index contributed by atoms with van der Waals surface area (Å²) in [6.07, 6.45) is 2.46. The summed E-state index contributed by atoms with van der Waals surface area (Å²) in [4.78, 5) is 4.76. The van der Waals surface area contributed by atoms with Crippen molar-refractivity contribution in [3.05, 3.63) is 11.5 Å². The van der Waals surface area contributed by atoms with Crippen LogP contribution in [0.4, 0.5) is 0 Å². The summed E-state index contributed by atoms with van der Waals surface area (Å²) in [7, 11) is 0. The first kappa shape index (κ1) is 14.9. The van der Waals surface area contributed by atoms with E-state index in [1.54, 1.807) is 0 Å². The van der Waals surface area contributed by atoms with Gasteiger partial charge in [0.15, 0.2) is 5.65 Å². The smallest absolute Gasteiger partial charge is 0.159 e. The molecule has 0 radical (unpaired) electrons. The maximum atomic E-state index is 6.38. The Kier molecular flexibility index (Phi) is 3.97.